The Morgan fingerprint density at radius 3 is 2.53 bits per heavy atom. The van der Waals surface area contributed by atoms with Crippen LogP contribution in [-0.4, -0.2) is 40.8 Å². The lowest BCUT2D eigenvalue weighted by Gasteiger charge is -2.20. The zero-order valence-corrected chi connectivity index (χ0v) is 17.9. The van der Waals surface area contributed by atoms with Crippen molar-refractivity contribution in [2.24, 2.45) is 0 Å². The molecule has 32 heavy (non-hydrogen) atoms. The van der Waals surface area contributed by atoms with Gasteiger partial charge < -0.3 is 5.32 Å². The number of nitrogens with zero attached hydrogens (tertiary/aromatic N) is 4. The highest BCUT2D eigenvalue weighted by atomic mass is 32.2. The second-order valence-electron chi connectivity index (χ2n) is 7.31. The molecule has 0 saturated heterocycles. The van der Waals surface area contributed by atoms with E-state index in [1.807, 2.05) is 6.07 Å². The summed E-state index contributed by atoms with van der Waals surface area (Å²) in [6, 6.07) is 9.20. The molecular formula is C21H20F3N5O2S. The Balaban J connectivity index is 1.62. The average Bonchev–Trinajstić information content (AvgIpc) is 2.97. The maximum absolute atomic E-state index is 13.1. The molecular weight excluding hydrogens is 443 g/mol. The van der Waals surface area contributed by atoms with Crippen molar-refractivity contribution in [2.45, 2.75) is 30.8 Å². The summed E-state index contributed by atoms with van der Waals surface area (Å²) in [4.78, 5) is 12.8. The summed E-state index contributed by atoms with van der Waals surface area (Å²) < 4.78 is 66.6. The molecule has 168 valence electrons. The first-order chi connectivity index (χ1) is 15.1. The smallest absolute Gasteiger partial charge is 0.325 e. The Bertz CT molecular complexity index is 1230. The number of rotatable bonds is 4. The number of halogens is 3. The molecule has 2 aromatic heterocycles. The number of hydrogen-bond acceptors (Lipinski definition) is 6. The maximum atomic E-state index is 13.1. The van der Waals surface area contributed by atoms with Crippen LogP contribution in [0.1, 0.15) is 22.6 Å². The van der Waals surface area contributed by atoms with Gasteiger partial charge in [0.15, 0.2) is 0 Å². The largest absolute Gasteiger partial charge is 0.416 e. The Labute approximate surface area is 183 Å². The third-order valence-electron chi connectivity index (χ3n) is 5.12. The van der Waals surface area contributed by atoms with Crippen LogP contribution in [0.3, 0.4) is 0 Å². The van der Waals surface area contributed by atoms with Crippen LogP contribution in [0.15, 0.2) is 53.6 Å². The van der Waals surface area contributed by atoms with Gasteiger partial charge in [0.05, 0.1) is 16.2 Å². The first-order valence-corrected chi connectivity index (χ1v) is 11.3. The number of aromatic nitrogens is 3. The van der Waals surface area contributed by atoms with Gasteiger partial charge in [-0.2, -0.15) is 17.5 Å². The molecule has 0 bridgehead atoms. The van der Waals surface area contributed by atoms with Gasteiger partial charge in [-0.05, 0) is 43.7 Å². The SMILES string of the molecule is Cc1nc2c(c(Nc3ccccn3)n1)CCN(S(=O)(=O)c1cccc(C(F)(F)F)c1)CC2. The van der Waals surface area contributed by atoms with Crippen molar-refractivity contribution in [3.05, 3.63) is 71.3 Å². The van der Waals surface area contributed by atoms with Crippen LogP contribution in [0.5, 0.6) is 0 Å². The van der Waals surface area contributed by atoms with E-state index in [0.717, 1.165) is 17.7 Å². The molecule has 1 aliphatic heterocycles. The van der Waals surface area contributed by atoms with Crippen LogP contribution >= 0.6 is 0 Å². The lowest BCUT2D eigenvalue weighted by atomic mass is 10.1. The van der Waals surface area contributed by atoms with Gasteiger partial charge in [-0.25, -0.2) is 23.4 Å². The van der Waals surface area contributed by atoms with E-state index >= 15 is 0 Å². The predicted molar refractivity (Wildman–Crippen MR) is 112 cm³/mol. The van der Waals surface area contributed by atoms with E-state index in [0.29, 0.717) is 42.1 Å². The first kappa shape index (κ1) is 22.2. The van der Waals surface area contributed by atoms with Crippen LogP contribution in [0, 0.1) is 6.92 Å². The number of benzene rings is 1. The van der Waals surface area contributed by atoms with Crippen molar-refractivity contribution < 1.29 is 21.6 Å². The van der Waals surface area contributed by atoms with E-state index in [4.69, 9.17) is 0 Å². The molecule has 0 atom stereocenters. The lowest BCUT2D eigenvalue weighted by Crippen LogP contribution is -2.33. The third-order valence-corrected chi connectivity index (χ3v) is 7.02. The molecule has 1 N–H and O–H groups in total. The molecule has 0 aliphatic carbocycles. The average molecular weight is 463 g/mol. The predicted octanol–water partition coefficient (Wildman–Crippen LogP) is 3.73. The normalized spacial score (nSPS) is 15.1. The summed E-state index contributed by atoms with van der Waals surface area (Å²) >= 11 is 0. The standard InChI is InChI=1S/C21H20F3N5O2S/c1-14-26-18-9-12-29(32(30,31)16-6-4-5-15(13-16)21(22,23)24)11-8-17(18)20(27-14)28-19-7-2-3-10-25-19/h2-7,10,13H,8-9,11-12H2,1H3,(H,25,26,27,28). The summed E-state index contributed by atoms with van der Waals surface area (Å²) in [5.74, 6) is 1.66. The van der Waals surface area contributed by atoms with Gasteiger partial charge in [-0.3, -0.25) is 0 Å². The second kappa shape index (κ2) is 8.47. The molecule has 0 radical (unpaired) electrons. The zero-order chi connectivity index (χ0) is 22.9. The summed E-state index contributed by atoms with van der Waals surface area (Å²) in [5, 5.41) is 3.15. The van der Waals surface area contributed by atoms with E-state index in [-0.39, 0.29) is 18.0 Å². The van der Waals surface area contributed by atoms with Gasteiger partial charge in [0, 0.05) is 31.3 Å². The minimum atomic E-state index is -4.63. The lowest BCUT2D eigenvalue weighted by molar-refractivity contribution is -0.137. The van der Waals surface area contributed by atoms with Gasteiger partial charge >= 0.3 is 6.18 Å². The number of pyridine rings is 1. The molecule has 0 amide bonds. The van der Waals surface area contributed by atoms with E-state index in [2.05, 4.69) is 20.3 Å². The quantitative estimate of drug-likeness (QED) is 0.634. The Morgan fingerprint density at radius 1 is 1.03 bits per heavy atom. The van der Waals surface area contributed by atoms with Crippen molar-refractivity contribution in [3.63, 3.8) is 0 Å². The molecule has 0 fully saturated rings. The Morgan fingerprint density at radius 2 is 1.81 bits per heavy atom. The van der Waals surface area contributed by atoms with Crippen molar-refractivity contribution in [1.82, 2.24) is 19.3 Å². The van der Waals surface area contributed by atoms with Crippen molar-refractivity contribution in [3.8, 4) is 0 Å². The highest BCUT2D eigenvalue weighted by Crippen LogP contribution is 2.32. The van der Waals surface area contributed by atoms with E-state index < -0.39 is 21.8 Å². The monoisotopic (exact) mass is 463 g/mol. The number of aryl methyl sites for hydroxylation is 1. The Hall–Kier alpha value is -3.05. The first-order valence-electron chi connectivity index (χ1n) is 9.86. The van der Waals surface area contributed by atoms with E-state index in [1.54, 1.807) is 25.3 Å². The fraction of sp³-hybridized carbons (Fsp3) is 0.286. The fourth-order valence-electron chi connectivity index (χ4n) is 3.59. The molecule has 3 aromatic rings. The Kier molecular flexibility index (Phi) is 5.87. The van der Waals surface area contributed by atoms with E-state index in [1.165, 1.54) is 10.4 Å². The summed E-state index contributed by atoms with van der Waals surface area (Å²) in [7, 11) is -4.12. The minimum Gasteiger partial charge on any atom is -0.325 e. The van der Waals surface area contributed by atoms with Crippen molar-refractivity contribution >= 4 is 21.7 Å². The molecule has 1 aliphatic rings. The maximum Gasteiger partial charge on any atom is 0.416 e. The molecule has 4 rings (SSSR count). The van der Waals surface area contributed by atoms with Crippen LogP contribution in [-0.2, 0) is 29.0 Å². The van der Waals surface area contributed by atoms with Gasteiger partial charge in [0.25, 0.3) is 0 Å². The van der Waals surface area contributed by atoms with Gasteiger partial charge in [-0.1, -0.05) is 12.1 Å². The number of sulfonamides is 1. The number of alkyl halides is 3. The highest BCUT2D eigenvalue weighted by molar-refractivity contribution is 7.89. The van der Waals surface area contributed by atoms with Crippen LogP contribution < -0.4 is 5.32 Å². The highest BCUT2D eigenvalue weighted by Gasteiger charge is 2.34. The van der Waals surface area contributed by atoms with Crippen LogP contribution in [0.25, 0.3) is 0 Å². The van der Waals surface area contributed by atoms with Crippen LogP contribution in [0.2, 0.25) is 0 Å². The number of hydrogen-bond donors (Lipinski definition) is 1. The fourth-order valence-corrected chi connectivity index (χ4v) is 5.07. The van der Waals surface area contributed by atoms with Crippen molar-refractivity contribution in [1.29, 1.82) is 0 Å². The molecule has 11 heteroatoms. The molecule has 3 heterocycles. The second-order valence-corrected chi connectivity index (χ2v) is 9.25. The molecule has 0 unspecified atom stereocenters. The minimum absolute atomic E-state index is 0.0922. The molecule has 1 aromatic carbocycles. The third kappa shape index (κ3) is 4.58. The van der Waals surface area contributed by atoms with Gasteiger partial charge in [0.1, 0.15) is 17.5 Å². The number of fused-ring (bicyclic) bond motifs is 1. The zero-order valence-electron chi connectivity index (χ0n) is 17.1. The topological polar surface area (TPSA) is 88.1 Å². The van der Waals surface area contributed by atoms with Crippen molar-refractivity contribution in [2.75, 3.05) is 18.4 Å². The number of anilines is 2. The summed E-state index contributed by atoms with van der Waals surface area (Å²) in [5.41, 5.74) is 0.473. The van der Waals surface area contributed by atoms with E-state index in [9.17, 15) is 21.6 Å². The molecule has 0 saturated carbocycles. The number of nitrogens with one attached hydrogen (secondary N) is 1. The summed E-state index contributed by atoms with van der Waals surface area (Å²) in [6.07, 6.45) is -2.37. The molecule has 7 nitrogen and oxygen atoms in total. The molecule has 0 spiro atoms. The van der Waals surface area contributed by atoms with Crippen LogP contribution in [0.4, 0.5) is 24.8 Å². The summed E-state index contributed by atoms with van der Waals surface area (Å²) in [6.45, 7) is 1.94. The van der Waals surface area contributed by atoms with Gasteiger partial charge in [0.2, 0.25) is 10.0 Å². The van der Waals surface area contributed by atoms with Gasteiger partial charge in [-0.15, -0.1) is 0 Å².